The standard InChI is InChI=1S/C42H45N5O7/c43-29-11-13-30(14-12-29)47(41(51)52)35-22-26(9-15-31(35)28-7-2-1-3-8-28)6-4-5-21-46-34-18-10-27(23-38(34)54-42(46)53)24-44-25-37(49)32-16-19-36(48)40-33(32)17-20-39(50)45-40/h1-3,7-10,15-20,22-23,29-30,37,44,48-49H,4-6,11-14,21,24-25,43H2,(H,45,50)(H,51,52)/t29?,30?,37-/m1/s1. The number of aromatic amines is 1. The van der Waals surface area contributed by atoms with E-state index >= 15 is 0 Å². The number of rotatable bonds is 13. The molecule has 0 aliphatic heterocycles. The Bertz CT molecular complexity index is 2380. The average molecular weight is 732 g/mol. The Balaban J connectivity index is 0.987. The summed E-state index contributed by atoms with van der Waals surface area (Å²) in [6, 6.07) is 27.5. The summed E-state index contributed by atoms with van der Waals surface area (Å²) in [4.78, 5) is 41.5. The van der Waals surface area contributed by atoms with Crippen molar-refractivity contribution in [3.63, 3.8) is 0 Å². The summed E-state index contributed by atoms with van der Waals surface area (Å²) in [5.74, 6) is -0.497. The van der Waals surface area contributed by atoms with Crippen LogP contribution < -0.4 is 27.3 Å². The number of amides is 1. The van der Waals surface area contributed by atoms with E-state index in [0.29, 0.717) is 47.2 Å². The first-order valence-electron chi connectivity index (χ1n) is 18.5. The third-order valence-electron chi connectivity index (χ3n) is 10.5. The normalized spacial score (nSPS) is 16.5. The molecule has 1 amide bonds. The van der Waals surface area contributed by atoms with Gasteiger partial charge in [-0.05, 0) is 97.5 Å². The van der Waals surface area contributed by atoms with Crippen LogP contribution in [-0.4, -0.2) is 49.6 Å². The van der Waals surface area contributed by atoms with Crippen molar-refractivity contribution in [1.82, 2.24) is 14.9 Å². The van der Waals surface area contributed by atoms with Gasteiger partial charge in [0.2, 0.25) is 5.56 Å². The van der Waals surface area contributed by atoms with Crippen molar-refractivity contribution >= 4 is 33.8 Å². The molecule has 12 nitrogen and oxygen atoms in total. The van der Waals surface area contributed by atoms with Crippen molar-refractivity contribution in [2.75, 3.05) is 11.4 Å². The highest BCUT2D eigenvalue weighted by molar-refractivity contribution is 5.94. The number of nitrogens with two attached hydrogens (primary N) is 1. The van der Waals surface area contributed by atoms with Crippen LogP contribution in [0, 0.1) is 0 Å². The fraction of sp³-hybridized carbons (Fsp3) is 0.310. The van der Waals surface area contributed by atoms with E-state index in [1.54, 1.807) is 21.6 Å². The number of hydrogen-bond acceptors (Lipinski definition) is 8. The molecule has 4 aromatic carbocycles. The molecule has 54 heavy (non-hydrogen) atoms. The van der Waals surface area contributed by atoms with Crippen LogP contribution in [0.3, 0.4) is 0 Å². The first-order chi connectivity index (χ1) is 26.2. The number of benzene rings is 4. The molecule has 280 valence electrons. The van der Waals surface area contributed by atoms with E-state index in [4.69, 9.17) is 10.2 Å². The first-order valence-corrected chi connectivity index (χ1v) is 18.5. The molecule has 1 aliphatic rings. The van der Waals surface area contributed by atoms with Gasteiger partial charge in [-0.1, -0.05) is 54.6 Å². The molecule has 0 radical (unpaired) electrons. The van der Waals surface area contributed by atoms with E-state index in [1.807, 2.05) is 60.7 Å². The summed E-state index contributed by atoms with van der Waals surface area (Å²) in [5, 5.41) is 35.3. The van der Waals surface area contributed by atoms with Gasteiger partial charge in [0.25, 0.3) is 0 Å². The Morgan fingerprint density at radius 1 is 0.944 bits per heavy atom. The second-order valence-corrected chi connectivity index (χ2v) is 14.1. The number of fused-ring (bicyclic) bond motifs is 2. The number of phenolic OH excluding ortho intramolecular Hbond substituents is 1. The third-order valence-corrected chi connectivity index (χ3v) is 10.5. The van der Waals surface area contributed by atoms with Crippen LogP contribution >= 0.6 is 0 Å². The second kappa shape index (κ2) is 16.1. The Hall–Kier alpha value is -5.69. The van der Waals surface area contributed by atoms with E-state index in [0.717, 1.165) is 60.8 Å². The number of nitrogens with one attached hydrogen (secondary N) is 2. The summed E-state index contributed by atoms with van der Waals surface area (Å²) < 4.78 is 7.25. The molecular weight excluding hydrogens is 686 g/mol. The SMILES string of the molecule is NC1CCC(N(C(=O)O)c2cc(CCCCn3c(=O)oc4cc(CNC[C@@H](O)c5ccc(O)c6[nH]c(=O)ccc56)ccc43)ccc2-c2ccccc2)CC1. The Kier molecular flexibility index (Phi) is 11.0. The van der Waals surface area contributed by atoms with Gasteiger partial charge < -0.3 is 35.8 Å². The quantitative estimate of drug-likeness (QED) is 0.0730. The number of pyridine rings is 1. The third kappa shape index (κ3) is 7.96. The fourth-order valence-corrected chi connectivity index (χ4v) is 7.65. The van der Waals surface area contributed by atoms with E-state index in [-0.39, 0.29) is 35.5 Å². The van der Waals surface area contributed by atoms with Crippen LogP contribution in [0.25, 0.3) is 33.1 Å². The highest BCUT2D eigenvalue weighted by Crippen LogP contribution is 2.36. The van der Waals surface area contributed by atoms with Gasteiger partial charge >= 0.3 is 11.8 Å². The number of aromatic nitrogens is 2. The number of carbonyl (C=O) groups is 1. The minimum Gasteiger partial charge on any atom is -0.506 e. The number of hydrogen-bond donors (Lipinski definition) is 6. The molecule has 0 unspecified atom stereocenters. The second-order valence-electron chi connectivity index (χ2n) is 14.1. The minimum absolute atomic E-state index is 0.0681. The Labute approximate surface area is 311 Å². The zero-order valence-electron chi connectivity index (χ0n) is 29.9. The number of anilines is 1. The monoisotopic (exact) mass is 731 g/mol. The molecule has 1 aliphatic carbocycles. The van der Waals surface area contributed by atoms with Crippen molar-refractivity contribution in [2.24, 2.45) is 5.73 Å². The number of aromatic hydroxyl groups is 1. The van der Waals surface area contributed by atoms with Crippen molar-refractivity contribution in [3.8, 4) is 16.9 Å². The van der Waals surface area contributed by atoms with Crippen LogP contribution in [0.2, 0.25) is 0 Å². The smallest absolute Gasteiger partial charge is 0.419 e. The summed E-state index contributed by atoms with van der Waals surface area (Å²) in [5.41, 5.74) is 12.3. The Morgan fingerprint density at radius 3 is 2.50 bits per heavy atom. The fourth-order valence-electron chi connectivity index (χ4n) is 7.65. The van der Waals surface area contributed by atoms with Gasteiger partial charge in [-0.15, -0.1) is 0 Å². The minimum atomic E-state index is -0.963. The van der Waals surface area contributed by atoms with Crippen LogP contribution in [-0.2, 0) is 19.5 Å². The van der Waals surface area contributed by atoms with Crippen molar-refractivity contribution in [2.45, 2.75) is 76.2 Å². The molecule has 1 saturated carbocycles. The molecule has 0 saturated heterocycles. The highest BCUT2D eigenvalue weighted by Gasteiger charge is 2.30. The maximum atomic E-state index is 12.9. The van der Waals surface area contributed by atoms with Crippen LogP contribution in [0.15, 0.2) is 105 Å². The van der Waals surface area contributed by atoms with Crippen LogP contribution in [0.1, 0.15) is 61.3 Å². The number of aliphatic hydroxyl groups is 1. The lowest BCUT2D eigenvalue weighted by atomic mass is 9.89. The molecular formula is C42H45N5O7. The van der Waals surface area contributed by atoms with Gasteiger partial charge in [-0.3, -0.25) is 14.3 Å². The molecule has 2 aromatic heterocycles. The number of aliphatic hydroxyl groups excluding tert-OH is 1. The number of phenols is 1. The zero-order valence-corrected chi connectivity index (χ0v) is 29.9. The summed E-state index contributed by atoms with van der Waals surface area (Å²) >= 11 is 0. The van der Waals surface area contributed by atoms with Crippen LogP contribution in [0.4, 0.5) is 10.5 Å². The Morgan fingerprint density at radius 2 is 1.72 bits per heavy atom. The number of aryl methyl sites for hydroxylation is 2. The summed E-state index contributed by atoms with van der Waals surface area (Å²) in [6.45, 7) is 1.09. The molecule has 12 heteroatoms. The van der Waals surface area contributed by atoms with Gasteiger partial charge in [0, 0.05) is 48.7 Å². The first kappa shape index (κ1) is 36.7. The number of H-pyrrole nitrogens is 1. The van der Waals surface area contributed by atoms with Gasteiger partial charge in [-0.25, -0.2) is 9.59 Å². The lowest BCUT2D eigenvalue weighted by molar-refractivity contribution is 0.176. The summed E-state index contributed by atoms with van der Waals surface area (Å²) in [7, 11) is 0. The molecule has 7 rings (SSSR count). The molecule has 1 atom stereocenters. The lowest BCUT2D eigenvalue weighted by Crippen LogP contribution is -2.44. The van der Waals surface area contributed by atoms with E-state index in [1.165, 1.54) is 12.1 Å². The largest absolute Gasteiger partial charge is 0.506 e. The molecule has 7 N–H and O–H groups in total. The van der Waals surface area contributed by atoms with Crippen molar-refractivity contribution in [3.05, 3.63) is 129 Å². The van der Waals surface area contributed by atoms with Gasteiger partial charge in [0.15, 0.2) is 5.58 Å². The molecule has 2 heterocycles. The molecule has 0 bridgehead atoms. The van der Waals surface area contributed by atoms with E-state index in [9.17, 15) is 29.7 Å². The van der Waals surface area contributed by atoms with E-state index in [2.05, 4.69) is 16.4 Å². The van der Waals surface area contributed by atoms with E-state index < -0.39 is 18.0 Å². The van der Waals surface area contributed by atoms with Crippen molar-refractivity contribution < 1.29 is 24.5 Å². The maximum absolute atomic E-state index is 12.9. The predicted molar refractivity (Wildman–Crippen MR) is 209 cm³/mol. The van der Waals surface area contributed by atoms with Crippen LogP contribution in [0.5, 0.6) is 5.75 Å². The summed E-state index contributed by atoms with van der Waals surface area (Å²) in [6.07, 6.45) is 3.40. The van der Waals surface area contributed by atoms with Gasteiger partial charge in [0.05, 0.1) is 22.8 Å². The molecule has 1 fully saturated rings. The topological polar surface area (TPSA) is 187 Å². The number of oxazole rings is 1. The number of unbranched alkanes of at least 4 members (excludes halogenated alkanes) is 1. The van der Waals surface area contributed by atoms with Crippen molar-refractivity contribution in [1.29, 1.82) is 0 Å². The zero-order chi connectivity index (χ0) is 37.8. The van der Waals surface area contributed by atoms with Gasteiger partial charge in [-0.2, -0.15) is 0 Å². The number of carboxylic acid groups (broad SMARTS) is 1. The number of nitrogens with zero attached hydrogens (tertiary/aromatic N) is 2. The molecule has 0 spiro atoms. The lowest BCUT2D eigenvalue weighted by Gasteiger charge is -2.35. The highest BCUT2D eigenvalue weighted by atomic mass is 16.4. The average Bonchev–Trinajstić information content (AvgIpc) is 3.48. The molecule has 6 aromatic rings. The predicted octanol–water partition coefficient (Wildman–Crippen LogP) is 6.41. The maximum Gasteiger partial charge on any atom is 0.419 e. The van der Waals surface area contributed by atoms with Gasteiger partial charge in [0.1, 0.15) is 5.75 Å².